The second kappa shape index (κ2) is 11.0. The van der Waals surface area contributed by atoms with E-state index in [1.54, 1.807) is 7.11 Å². The van der Waals surface area contributed by atoms with E-state index in [-0.39, 0.29) is 0 Å². The van der Waals surface area contributed by atoms with Gasteiger partial charge in [-0.25, -0.2) is 9.78 Å². The molecule has 2 aromatic rings. The maximum absolute atomic E-state index is 10.8. The number of aryl methyl sites for hydroxylation is 2. The first-order chi connectivity index (χ1) is 13.1. The third kappa shape index (κ3) is 7.13. The summed E-state index contributed by atoms with van der Waals surface area (Å²) in [6.45, 7) is 2.65. The number of carboxylic acids is 1. The van der Waals surface area contributed by atoms with Crippen LogP contribution in [-0.4, -0.2) is 29.8 Å². The molecule has 27 heavy (non-hydrogen) atoms. The molecular formula is C22H27NO4. The Labute approximate surface area is 160 Å². The van der Waals surface area contributed by atoms with Gasteiger partial charge in [-0.2, -0.15) is 0 Å². The number of unbranched alkanes of at least 4 members (excludes halogenated alkanes) is 1. The Morgan fingerprint density at radius 3 is 2.56 bits per heavy atom. The topological polar surface area (TPSA) is 68.7 Å². The van der Waals surface area contributed by atoms with Crippen molar-refractivity contribution in [2.75, 3.05) is 13.7 Å². The Kier molecular flexibility index (Phi) is 8.36. The number of benzene rings is 1. The van der Waals surface area contributed by atoms with Crippen molar-refractivity contribution in [1.29, 1.82) is 0 Å². The highest BCUT2D eigenvalue weighted by Crippen LogP contribution is 2.20. The van der Waals surface area contributed by atoms with Crippen molar-refractivity contribution in [3.8, 4) is 11.5 Å². The smallest absolute Gasteiger partial charge is 0.328 e. The number of pyridine rings is 1. The number of ether oxygens (including phenoxy) is 2. The Morgan fingerprint density at radius 1 is 1.11 bits per heavy atom. The van der Waals surface area contributed by atoms with Crippen LogP contribution in [0.3, 0.4) is 0 Å². The van der Waals surface area contributed by atoms with Gasteiger partial charge in [-0.1, -0.05) is 25.5 Å². The molecular weight excluding hydrogens is 342 g/mol. The molecule has 1 N–H and O–H groups in total. The number of hydrogen-bond acceptors (Lipinski definition) is 4. The molecule has 0 saturated heterocycles. The van der Waals surface area contributed by atoms with Crippen LogP contribution < -0.4 is 9.47 Å². The van der Waals surface area contributed by atoms with Gasteiger partial charge in [0, 0.05) is 11.8 Å². The van der Waals surface area contributed by atoms with Crippen LogP contribution >= 0.6 is 0 Å². The minimum absolute atomic E-state index is 0.568. The summed E-state index contributed by atoms with van der Waals surface area (Å²) in [5.41, 5.74) is 2.78. The van der Waals surface area contributed by atoms with E-state index in [2.05, 4.69) is 24.0 Å². The summed E-state index contributed by atoms with van der Waals surface area (Å²) in [5.74, 6) is 0.489. The first kappa shape index (κ1) is 20.5. The molecule has 0 atom stereocenters. The molecule has 0 aliphatic carbocycles. The van der Waals surface area contributed by atoms with Crippen LogP contribution in [0.5, 0.6) is 11.5 Å². The number of carboxylic acid groups (broad SMARTS) is 1. The summed E-state index contributed by atoms with van der Waals surface area (Å²) in [7, 11) is 1.66. The lowest BCUT2D eigenvalue weighted by molar-refractivity contribution is -0.131. The van der Waals surface area contributed by atoms with Gasteiger partial charge in [0.1, 0.15) is 17.2 Å². The van der Waals surface area contributed by atoms with E-state index < -0.39 is 5.97 Å². The SMILES string of the molecule is CCCc1ccc(OCCCCc2ccc(OC)cc2)c(/C=C/C(=O)O)n1. The van der Waals surface area contributed by atoms with Crippen LogP contribution in [0.2, 0.25) is 0 Å². The Morgan fingerprint density at radius 2 is 1.89 bits per heavy atom. The number of nitrogens with zero attached hydrogens (tertiary/aromatic N) is 1. The van der Waals surface area contributed by atoms with Gasteiger partial charge in [-0.3, -0.25) is 0 Å². The molecule has 1 heterocycles. The molecule has 0 spiro atoms. The van der Waals surface area contributed by atoms with Crippen LogP contribution in [0.25, 0.3) is 6.08 Å². The molecule has 2 rings (SSSR count). The highest BCUT2D eigenvalue weighted by molar-refractivity contribution is 5.85. The molecule has 5 nitrogen and oxygen atoms in total. The van der Waals surface area contributed by atoms with Crippen LogP contribution in [0, 0.1) is 0 Å². The van der Waals surface area contributed by atoms with Crippen LogP contribution in [0.15, 0.2) is 42.5 Å². The number of hydrogen-bond donors (Lipinski definition) is 1. The summed E-state index contributed by atoms with van der Waals surface area (Å²) in [6.07, 6.45) is 7.32. The molecule has 0 amide bonds. The van der Waals surface area contributed by atoms with Crippen LogP contribution in [-0.2, 0) is 17.6 Å². The van der Waals surface area contributed by atoms with Gasteiger partial charge >= 0.3 is 5.97 Å². The van der Waals surface area contributed by atoms with E-state index in [1.807, 2.05) is 24.3 Å². The number of methoxy groups -OCH3 is 1. The number of rotatable bonds is 11. The van der Waals surface area contributed by atoms with Gasteiger partial charge in [-0.15, -0.1) is 0 Å². The summed E-state index contributed by atoms with van der Waals surface area (Å²) in [5, 5.41) is 8.86. The molecule has 0 aliphatic heterocycles. The first-order valence-electron chi connectivity index (χ1n) is 9.29. The summed E-state index contributed by atoms with van der Waals surface area (Å²) >= 11 is 0. The van der Waals surface area contributed by atoms with E-state index in [4.69, 9.17) is 14.6 Å². The van der Waals surface area contributed by atoms with Crippen LogP contribution in [0.1, 0.15) is 43.1 Å². The largest absolute Gasteiger partial charge is 0.497 e. The van der Waals surface area contributed by atoms with Gasteiger partial charge in [0.2, 0.25) is 0 Å². The van der Waals surface area contributed by atoms with Crippen molar-refractivity contribution >= 4 is 12.0 Å². The number of aromatic nitrogens is 1. The molecule has 0 unspecified atom stereocenters. The van der Waals surface area contributed by atoms with Crippen molar-refractivity contribution in [2.45, 2.75) is 39.0 Å². The lowest BCUT2D eigenvalue weighted by Crippen LogP contribution is -2.02. The molecule has 1 aromatic carbocycles. The van der Waals surface area contributed by atoms with Crippen LogP contribution in [0.4, 0.5) is 0 Å². The fraction of sp³-hybridized carbons (Fsp3) is 0.364. The monoisotopic (exact) mass is 369 g/mol. The molecule has 0 aliphatic rings. The molecule has 0 bridgehead atoms. The zero-order valence-corrected chi connectivity index (χ0v) is 16.0. The molecule has 5 heteroatoms. The quantitative estimate of drug-likeness (QED) is 0.465. The average molecular weight is 369 g/mol. The molecule has 144 valence electrons. The normalized spacial score (nSPS) is 10.9. The molecule has 1 aromatic heterocycles. The molecule has 0 fully saturated rings. The van der Waals surface area contributed by atoms with E-state index in [0.29, 0.717) is 18.1 Å². The summed E-state index contributed by atoms with van der Waals surface area (Å²) in [4.78, 5) is 15.3. The Balaban J connectivity index is 1.87. The second-order valence-corrected chi connectivity index (χ2v) is 6.26. The van der Waals surface area contributed by atoms with Crippen molar-refractivity contribution < 1.29 is 19.4 Å². The fourth-order valence-corrected chi connectivity index (χ4v) is 2.70. The Hall–Kier alpha value is -2.82. The van der Waals surface area contributed by atoms with Gasteiger partial charge < -0.3 is 14.6 Å². The average Bonchev–Trinajstić information content (AvgIpc) is 2.68. The van der Waals surface area contributed by atoms with Gasteiger partial charge in [-0.05, 0) is 61.6 Å². The predicted molar refractivity (Wildman–Crippen MR) is 106 cm³/mol. The van der Waals surface area contributed by atoms with Gasteiger partial charge in [0.05, 0.1) is 13.7 Å². The summed E-state index contributed by atoms with van der Waals surface area (Å²) < 4.78 is 11.0. The molecule has 0 saturated carbocycles. The van der Waals surface area contributed by atoms with Crippen molar-refractivity contribution in [1.82, 2.24) is 4.98 Å². The zero-order chi connectivity index (χ0) is 19.5. The fourth-order valence-electron chi connectivity index (χ4n) is 2.70. The standard InChI is InChI=1S/C22H27NO4/c1-3-6-18-10-14-21(20(23-18)13-15-22(24)25)27-16-5-4-7-17-8-11-19(26-2)12-9-17/h8-15H,3-7,16H2,1-2H3,(H,24,25)/b15-13+. The van der Waals surface area contributed by atoms with Crippen molar-refractivity contribution in [3.63, 3.8) is 0 Å². The maximum Gasteiger partial charge on any atom is 0.328 e. The lowest BCUT2D eigenvalue weighted by atomic mass is 10.1. The van der Waals surface area contributed by atoms with Crippen molar-refractivity contribution in [2.24, 2.45) is 0 Å². The minimum atomic E-state index is -0.997. The number of aliphatic carboxylic acids is 1. The van der Waals surface area contributed by atoms with E-state index in [1.165, 1.54) is 11.6 Å². The van der Waals surface area contributed by atoms with Crippen molar-refractivity contribution in [3.05, 3.63) is 59.4 Å². The first-order valence-corrected chi connectivity index (χ1v) is 9.29. The van der Waals surface area contributed by atoms with E-state index >= 15 is 0 Å². The lowest BCUT2D eigenvalue weighted by Gasteiger charge is -2.10. The number of carbonyl (C=O) groups is 1. The second-order valence-electron chi connectivity index (χ2n) is 6.26. The Bertz CT molecular complexity index is 753. The molecule has 0 radical (unpaired) electrons. The zero-order valence-electron chi connectivity index (χ0n) is 16.0. The van der Waals surface area contributed by atoms with Gasteiger partial charge in [0.25, 0.3) is 0 Å². The summed E-state index contributed by atoms with van der Waals surface area (Å²) in [6, 6.07) is 11.9. The highest BCUT2D eigenvalue weighted by atomic mass is 16.5. The third-order valence-corrected chi connectivity index (χ3v) is 4.11. The van der Waals surface area contributed by atoms with E-state index in [0.717, 1.165) is 49.6 Å². The van der Waals surface area contributed by atoms with Gasteiger partial charge in [0.15, 0.2) is 0 Å². The minimum Gasteiger partial charge on any atom is -0.497 e. The maximum atomic E-state index is 10.8. The predicted octanol–water partition coefficient (Wildman–Crippen LogP) is 4.54. The van der Waals surface area contributed by atoms with E-state index in [9.17, 15) is 4.79 Å². The third-order valence-electron chi connectivity index (χ3n) is 4.11. The highest BCUT2D eigenvalue weighted by Gasteiger charge is 2.06.